The van der Waals surface area contributed by atoms with Crippen LogP contribution in [0.5, 0.6) is 0 Å². The van der Waals surface area contributed by atoms with E-state index in [1.807, 2.05) is 26.0 Å². The molecule has 2 aromatic carbocycles. The van der Waals surface area contributed by atoms with Gasteiger partial charge in [0.1, 0.15) is 0 Å². The van der Waals surface area contributed by atoms with E-state index in [-0.39, 0.29) is 10.8 Å². The monoisotopic (exact) mass is 388 g/mol. The first kappa shape index (κ1) is 19.5. The molecule has 7 heteroatoms. The Labute approximate surface area is 160 Å². The van der Waals surface area contributed by atoms with E-state index in [4.69, 9.17) is 4.74 Å². The zero-order chi connectivity index (χ0) is 19.4. The fourth-order valence-electron chi connectivity index (χ4n) is 2.99. The van der Waals surface area contributed by atoms with Crippen molar-refractivity contribution >= 4 is 15.9 Å². The van der Waals surface area contributed by atoms with Gasteiger partial charge in [0.15, 0.2) is 0 Å². The molecular formula is C20H24N2O4S. The second-order valence-electron chi connectivity index (χ2n) is 6.59. The summed E-state index contributed by atoms with van der Waals surface area (Å²) in [4.78, 5) is 12.7. The molecule has 1 aliphatic heterocycles. The van der Waals surface area contributed by atoms with Crippen molar-refractivity contribution in [1.29, 1.82) is 0 Å². The molecule has 0 aromatic heterocycles. The van der Waals surface area contributed by atoms with Crippen LogP contribution in [0.3, 0.4) is 0 Å². The third-order valence-electron chi connectivity index (χ3n) is 4.83. The number of sulfonamides is 1. The molecule has 6 nitrogen and oxygen atoms in total. The van der Waals surface area contributed by atoms with E-state index < -0.39 is 10.0 Å². The Kier molecular flexibility index (Phi) is 5.94. The molecule has 27 heavy (non-hydrogen) atoms. The molecule has 1 fully saturated rings. The third-order valence-corrected chi connectivity index (χ3v) is 6.75. The number of ether oxygens (including phenoxy) is 1. The van der Waals surface area contributed by atoms with Crippen LogP contribution >= 0.6 is 0 Å². The molecule has 0 spiro atoms. The molecule has 1 amide bonds. The Morgan fingerprint density at radius 3 is 2.41 bits per heavy atom. The lowest BCUT2D eigenvalue weighted by Crippen LogP contribution is -2.40. The number of carbonyl (C=O) groups is 1. The SMILES string of the molecule is Cc1cccc(C(=O)NCc2ccc(S(=O)(=O)N3CCOCC3)cc2)c1C. The Balaban J connectivity index is 1.65. The minimum Gasteiger partial charge on any atom is -0.379 e. The van der Waals surface area contributed by atoms with Gasteiger partial charge in [-0.05, 0) is 48.7 Å². The van der Waals surface area contributed by atoms with Crippen LogP contribution in [0.1, 0.15) is 27.0 Å². The van der Waals surface area contributed by atoms with E-state index in [0.29, 0.717) is 38.4 Å². The van der Waals surface area contributed by atoms with E-state index in [1.165, 1.54) is 4.31 Å². The van der Waals surface area contributed by atoms with Crippen molar-refractivity contribution < 1.29 is 17.9 Å². The van der Waals surface area contributed by atoms with E-state index in [9.17, 15) is 13.2 Å². The second kappa shape index (κ2) is 8.21. The first-order valence-corrected chi connectivity index (χ1v) is 10.3. The molecule has 1 N–H and O–H groups in total. The summed E-state index contributed by atoms with van der Waals surface area (Å²) in [5.74, 6) is -0.138. The molecule has 1 saturated heterocycles. The molecule has 1 aliphatic rings. The lowest BCUT2D eigenvalue weighted by molar-refractivity contribution is 0.0730. The first-order chi connectivity index (χ1) is 12.9. The van der Waals surface area contributed by atoms with Crippen LogP contribution < -0.4 is 5.32 Å². The van der Waals surface area contributed by atoms with Crippen molar-refractivity contribution in [3.05, 3.63) is 64.7 Å². The van der Waals surface area contributed by atoms with Gasteiger partial charge in [-0.2, -0.15) is 4.31 Å². The number of hydrogen-bond donors (Lipinski definition) is 1. The number of amides is 1. The van der Waals surface area contributed by atoms with Crippen molar-refractivity contribution in [1.82, 2.24) is 9.62 Å². The van der Waals surface area contributed by atoms with E-state index in [0.717, 1.165) is 16.7 Å². The van der Waals surface area contributed by atoms with Gasteiger partial charge in [0, 0.05) is 25.2 Å². The summed E-state index contributed by atoms with van der Waals surface area (Å²) < 4.78 is 31.9. The Morgan fingerprint density at radius 2 is 1.74 bits per heavy atom. The average Bonchev–Trinajstić information content (AvgIpc) is 2.69. The van der Waals surface area contributed by atoms with Gasteiger partial charge < -0.3 is 10.1 Å². The highest BCUT2D eigenvalue weighted by Gasteiger charge is 2.26. The van der Waals surface area contributed by atoms with Gasteiger partial charge in [-0.1, -0.05) is 24.3 Å². The van der Waals surface area contributed by atoms with Gasteiger partial charge in [-0.25, -0.2) is 8.42 Å². The molecular weight excluding hydrogens is 364 g/mol. The van der Waals surface area contributed by atoms with E-state index >= 15 is 0 Å². The topological polar surface area (TPSA) is 75.7 Å². The maximum atomic E-state index is 12.6. The number of nitrogens with zero attached hydrogens (tertiary/aromatic N) is 1. The van der Waals surface area contributed by atoms with Crippen LogP contribution in [-0.2, 0) is 21.3 Å². The molecule has 0 saturated carbocycles. The molecule has 0 unspecified atom stereocenters. The van der Waals surface area contributed by atoms with Crippen LogP contribution in [0.2, 0.25) is 0 Å². The van der Waals surface area contributed by atoms with Crippen LogP contribution in [0.4, 0.5) is 0 Å². The summed E-state index contributed by atoms with van der Waals surface area (Å²) in [5, 5.41) is 2.89. The summed E-state index contributed by atoms with van der Waals surface area (Å²) in [6.45, 7) is 5.81. The molecule has 144 valence electrons. The number of benzene rings is 2. The Morgan fingerprint density at radius 1 is 1.07 bits per heavy atom. The van der Waals surface area contributed by atoms with Crippen molar-refractivity contribution in [2.24, 2.45) is 0 Å². The van der Waals surface area contributed by atoms with Gasteiger partial charge >= 0.3 is 0 Å². The predicted molar refractivity (Wildman–Crippen MR) is 103 cm³/mol. The summed E-state index contributed by atoms with van der Waals surface area (Å²) in [6.07, 6.45) is 0. The quantitative estimate of drug-likeness (QED) is 0.852. The van der Waals surface area contributed by atoms with Gasteiger partial charge in [0.05, 0.1) is 18.1 Å². The van der Waals surface area contributed by atoms with Crippen molar-refractivity contribution in [3.8, 4) is 0 Å². The molecule has 2 aromatic rings. The Bertz CT molecular complexity index is 917. The second-order valence-corrected chi connectivity index (χ2v) is 8.53. The fourth-order valence-corrected chi connectivity index (χ4v) is 4.40. The highest BCUT2D eigenvalue weighted by Crippen LogP contribution is 2.18. The maximum absolute atomic E-state index is 12.6. The lowest BCUT2D eigenvalue weighted by Gasteiger charge is -2.26. The lowest BCUT2D eigenvalue weighted by atomic mass is 10.0. The highest BCUT2D eigenvalue weighted by molar-refractivity contribution is 7.89. The summed E-state index contributed by atoms with van der Waals surface area (Å²) in [7, 11) is -3.50. The maximum Gasteiger partial charge on any atom is 0.251 e. The summed E-state index contributed by atoms with van der Waals surface area (Å²) in [6, 6.07) is 12.3. The van der Waals surface area contributed by atoms with Gasteiger partial charge in [0.25, 0.3) is 5.91 Å². The van der Waals surface area contributed by atoms with Crippen molar-refractivity contribution in [2.75, 3.05) is 26.3 Å². The van der Waals surface area contributed by atoms with Gasteiger partial charge in [0.2, 0.25) is 10.0 Å². The normalized spacial score (nSPS) is 15.5. The zero-order valence-corrected chi connectivity index (χ0v) is 16.4. The van der Waals surface area contributed by atoms with Crippen LogP contribution in [-0.4, -0.2) is 44.9 Å². The first-order valence-electron chi connectivity index (χ1n) is 8.91. The van der Waals surface area contributed by atoms with Crippen LogP contribution in [0.15, 0.2) is 47.4 Å². The molecule has 3 rings (SSSR count). The standard InChI is InChI=1S/C20H24N2O4S/c1-15-4-3-5-19(16(15)2)20(23)21-14-17-6-8-18(9-7-17)27(24,25)22-10-12-26-13-11-22/h3-9H,10-14H2,1-2H3,(H,21,23). The number of morpholine rings is 1. The number of nitrogens with one attached hydrogen (secondary N) is 1. The Hall–Kier alpha value is -2.22. The van der Waals surface area contributed by atoms with Gasteiger partial charge in [-0.3, -0.25) is 4.79 Å². The van der Waals surface area contributed by atoms with Crippen molar-refractivity contribution in [2.45, 2.75) is 25.3 Å². The molecule has 0 aliphatic carbocycles. The molecule has 0 radical (unpaired) electrons. The summed E-state index contributed by atoms with van der Waals surface area (Å²) in [5.41, 5.74) is 3.53. The van der Waals surface area contributed by atoms with Crippen molar-refractivity contribution in [3.63, 3.8) is 0 Å². The predicted octanol–water partition coefficient (Wildman–Crippen LogP) is 2.25. The largest absolute Gasteiger partial charge is 0.379 e. The van der Waals surface area contributed by atoms with E-state index in [1.54, 1.807) is 30.3 Å². The number of aryl methyl sites for hydroxylation is 1. The van der Waals surface area contributed by atoms with Crippen LogP contribution in [0, 0.1) is 13.8 Å². The zero-order valence-electron chi connectivity index (χ0n) is 15.6. The molecule has 0 bridgehead atoms. The van der Waals surface area contributed by atoms with Gasteiger partial charge in [-0.15, -0.1) is 0 Å². The van der Waals surface area contributed by atoms with Crippen LogP contribution in [0.25, 0.3) is 0 Å². The minimum absolute atomic E-state index is 0.138. The highest BCUT2D eigenvalue weighted by atomic mass is 32.2. The average molecular weight is 388 g/mol. The number of rotatable bonds is 5. The molecule has 0 atom stereocenters. The minimum atomic E-state index is -3.50. The fraction of sp³-hybridized carbons (Fsp3) is 0.350. The smallest absolute Gasteiger partial charge is 0.251 e. The number of hydrogen-bond acceptors (Lipinski definition) is 4. The summed E-state index contributed by atoms with van der Waals surface area (Å²) >= 11 is 0. The number of carbonyl (C=O) groups excluding carboxylic acids is 1. The molecule has 1 heterocycles. The third kappa shape index (κ3) is 4.37. The van der Waals surface area contributed by atoms with E-state index in [2.05, 4.69) is 5.32 Å².